The highest BCUT2D eigenvalue weighted by Crippen LogP contribution is 2.31. The predicted octanol–water partition coefficient (Wildman–Crippen LogP) is 0.187. The van der Waals surface area contributed by atoms with Crippen LogP contribution in [0.15, 0.2) is 18.2 Å². The molecule has 0 fully saturated rings. The first-order valence-electron chi connectivity index (χ1n) is 6.28. The third kappa shape index (κ3) is 4.62. The third-order valence-corrected chi connectivity index (χ3v) is 2.79. The fourth-order valence-corrected chi connectivity index (χ4v) is 1.52. The number of likely N-dealkylation sites (N-methyl/N-ethyl adjacent to an activating group) is 2. The topological polar surface area (TPSA) is 111 Å². The van der Waals surface area contributed by atoms with E-state index in [4.69, 9.17) is 9.47 Å². The molecule has 0 aromatic heterocycles. The van der Waals surface area contributed by atoms with Gasteiger partial charge in [-0.3, -0.25) is 19.7 Å². The van der Waals surface area contributed by atoms with Crippen LogP contribution in [0, 0.1) is 10.1 Å². The number of carbonyl (C=O) groups is 2. The SMILES string of the molecule is CNC(=O)CN(C)C(=O)COc1cc([N+](=O)[O-])ccc1OC. The molecule has 0 saturated heterocycles. The second kappa shape index (κ2) is 7.81. The maximum atomic E-state index is 11.8. The van der Waals surface area contributed by atoms with Gasteiger partial charge < -0.3 is 19.7 Å². The Bertz CT molecular complexity index is 575. The first-order chi connectivity index (χ1) is 10.4. The van der Waals surface area contributed by atoms with E-state index in [0.717, 1.165) is 0 Å². The standard InChI is InChI=1S/C13H17N3O6/c1-14-12(17)7-15(2)13(18)8-22-11-6-9(16(19)20)4-5-10(11)21-3/h4-6H,7-8H2,1-3H3,(H,14,17). The van der Waals surface area contributed by atoms with Crippen LogP contribution in [0.2, 0.25) is 0 Å². The average Bonchev–Trinajstić information content (AvgIpc) is 2.51. The Morgan fingerprint density at radius 1 is 1.36 bits per heavy atom. The van der Waals surface area contributed by atoms with Gasteiger partial charge in [-0.25, -0.2) is 0 Å². The lowest BCUT2D eigenvalue weighted by molar-refractivity contribution is -0.385. The van der Waals surface area contributed by atoms with Crippen molar-refractivity contribution in [2.45, 2.75) is 0 Å². The normalized spacial score (nSPS) is 9.77. The van der Waals surface area contributed by atoms with Gasteiger partial charge in [-0.1, -0.05) is 0 Å². The number of nitrogens with one attached hydrogen (secondary N) is 1. The largest absolute Gasteiger partial charge is 0.493 e. The van der Waals surface area contributed by atoms with Gasteiger partial charge in [0, 0.05) is 20.2 Å². The van der Waals surface area contributed by atoms with E-state index >= 15 is 0 Å². The van der Waals surface area contributed by atoms with Gasteiger partial charge in [-0.2, -0.15) is 0 Å². The molecule has 9 nitrogen and oxygen atoms in total. The van der Waals surface area contributed by atoms with Crippen LogP contribution in [0.3, 0.4) is 0 Å². The lowest BCUT2D eigenvalue weighted by atomic mass is 10.3. The van der Waals surface area contributed by atoms with E-state index in [2.05, 4.69) is 5.32 Å². The van der Waals surface area contributed by atoms with Gasteiger partial charge in [0.2, 0.25) is 5.91 Å². The van der Waals surface area contributed by atoms with Crippen molar-refractivity contribution in [3.8, 4) is 11.5 Å². The molecular formula is C13H17N3O6. The number of carbonyl (C=O) groups excluding carboxylic acids is 2. The Morgan fingerprint density at radius 3 is 2.59 bits per heavy atom. The molecule has 1 aromatic carbocycles. The van der Waals surface area contributed by atoms with Gasteiger partial charge >= 0.3 is 0 Å². The van der Waals surface area contributed by atoms with Crippen LogP contribution in [0.1, 0.15) is 0 Å². The summed E-state index contributed by atoms with van der Waals surface area (Å²) in [5.74, 6) is -0.410. The van der Waals surface area contributed by atoms with Crippen molar-refractivity contribution in [3.63, 3.8) is 0 Å². The Hall–Kier alpha value is -2.84. The van der Waals surface area contributed by atoms with Crippen LogP contribution >= 0.6 is 0 Å². The minimum Gasteiger partial charge on any atom is -0.493 e. The molecule has 0 spiro atoms. The van der Waals surface area contributed by atoms with Crippen molar-refractivity contribution in [2.24, 2.45) is 0 Å². The number of rotatable bonds is 7. The molecule has 0 aliphatic heterocycles. The molecule has 0 unspecified atom stereocenters. The van der Waals surface area contributed by atoms with Crippen molar-refractivity contribution < 1.29 is 24.0 Å². The number of benzene rings is 1. The maximum Gasteiger partial charge on any atom is 0.273 e. The fourth-order valence-electron chi connectivity index (χ4n) is 1.52. The number of ether oxygens (including phenoxy) is 2. The lowest BCUT2D eigenvalue weighted by Crippen LogP contribution is -2.39. The van der Waals surface area contributed by atoms with E-state index in [0.29, 0.717) is 0 Å². The quantitative estimate of drug-likeness (QED) is 0.568. The zero-order valence-electron chi connectivity index (χ0n) is 12.5. The molecule has 0 bridgehead atoms. The summed E-state index contributed by atoms with van der Waals surface area (Å²) < 4.78 is 10.3. The van der Waals surface area contributed by atoms with Crippen molar-refractivity contribution >= 4 is 17.5 Å². The van der Waals surface area contributed by atoms with Crippen LogP contribution in [-0.4, -0.2) is 56.0 Å². The second-order valence-corrected chi connectivity index (χ2v) is 4.30. The summed E-state index contributed by atoms with van der Waals surface area (Å²) >= 11 is 0. The smallest absolute Gasteiger partial charge is 0.273 e. The number of nitro benzene ring substituents is 1. The van der Waals surface area contributed by atoms with Gasteiger partial charge in [0.05, 0.1) is 24.6 Å². The molecule has 1 rings (SSSR count). The number of nitrogens with zero attached hydrogens (tertiary/aromatic N) is 2. The van der Waals surface area contributed by atoms with Gasteiger partial charge in [0.25, 0.3) is 11.6 Å². The molecule has 22 heavy (non-hydrogen) atoms. The van der Waals surface area contributed by atoms with Crippen LogP contribution in [-0.2, 0) is 9.59 Å². The highest BCUT2D eigenvalue weighted by molar-refractivity contribution is 5.85. The number of non-ortho nitro benzene ring substituents is 1. The summed E-state index contributed by atoms with van der Waals surface area (Å²) in [6.45, 7) is -0.476. The monoisotopic (exact) mass is 311 g/mol. The Labute approximate surface area is 126 Å². The zero-order chi connectivity index (χ0) is 16.7. The predicted molar refractivity (Wildman–Crippen MR) is 76.8 cm³/mol. The number of methoxy groups -OCH3 is 1. The van der Waals surface area contributed by atoms with E-state index in [1.54, 1.807) is 0 Å². The van der Waals surface area contributed by atoms with E-state index in [-0.39, 0.29) is 36.2 Å². The summed E-state index contributed by atoms with van der Waals surface area (Å²) in [5.41, 5.74) is -0.179. The maximum absolute atomic E-state index is 11.8. The molecule has 0 aliphatic rings. The molecule has 0 atom stereocenters. The van der Waals surface area contributed by atoms with Crippen LogP contribution in [0.25, 0.3) is 0 Å². The molecule has 0 saturated carbocycles. The summed E-state index contributed by atoms with van der Waals surface area (Å²) in [5, 5.41) is 13.1. The molecule has 2 amide bonds. The van der Waals surface area contributed by atoms with E-state index in [9.17, 15) is 19.7 Å². The summed E-state index contributed by atoms with van der Waals surface area (Å²) in [7, 11) is 4.30. The first kappa shape index (κ1) is 17.2. The Kier molecular flexibility index (Phi) is 6.11. The van der Waals surface area contributed by atoms with Crippen LogP contribution < -0.4 is 14.8 Å². The molecule has 0 aliphatic carbocycles. The average molecular weight is 311 g/mol. The van der Waals surface area contributed by atoms with Crippen LogP contribution in [0.4, 0.5) is 5.69 Å². The van der Waals surface area contributed by atoms with E-state index in [1.807, 2.05) is 0 Å². The van der Waals surface area contributed by atoms with Crippen molar-refractivity contribution in [2.75, 3.05) is 34.4 Å². The number of amides is 2. The van der Waals surface area contributed by atoms with Crippen molar-refractivity contribution in [3.05, 3.63) is 28.3 Å². The van der Waals surface area contributed by atoms with Crippen LogP contribution in [0.5, 0.6) is 11.5 Å². The molecule has 9 heteroatoms. The Morgan fingerprint density at radius 2 is 2.05 bits per heavy atom. The van der Waals surface area contributed by atoms with E-state index in [1.165, 1.54) is 44.3 Å². The van der Waals surface area contributed by atoms with E-state index < -0.39 is 10.8 Å². The van der Waals surface area contributed by atoms with Crippen molar-refractivity contribution in [1.82, 2.24) is 10.2 Å². The molecule has 1 aromatic rings. The van der Waals surface area contributed by atoms with Gasteiger partial charge in [0.1, 0.15) is 0 Å². The highest BCUT2D eigenvalue weighted by Gasteiger charge is 2.16. The van der Waals surface area contributed by atoms with Gasteiger partial charge in [-0.15, -0.1) is 0 Å². The zero-order valence-corrected chi connectivity index (χ0v) is 12.5. The molecule has 0 radical (unpaired) electrons. The molecule has 120 valence electrons. The molecular weight excluding hydrogens is 294 g/mol. The fraction of sp³-hybridized carbons (Fsp3) is 0.385. The summed E-state index contributed by atoms with van der Waals surface area (Å²) in [6, 6.07) is 3.82. The number of hydrogen-bond acceptors (Lipinski definition) is 6. The minimum absolute atomic E-state index is 0.0818. The van der Waals surface area contributed by atoms with Crippen molar-refractivity contribution in [1.29, 1.82) is 0 Å². The molecule has 1 N–H and O–H groups in total. The minimum atomic E-state index is -0.578. The summed E-state index contributed by atoms with van der Waals surface area (Å²) in [6.07, 6.45) is 0. The highest BCUT2D eigenvalue weighted by atomic mass is 16.6. The number of hydrogen-bond donors (Lipinski definition) is 1. The van der Waals surface area contributed by atoms with Gasteiger partial charge in [0.15, 0.2) is 18.1 Å². The lowest BCUT2D eigenvalue weighted by Gasteiger charge is -2.17. The first-order valence-corrected chi connectivity index (χ1v) is 6.28. The molecule has 0 heterocycles. The Balaban J connectivity index is 2.74. The van der Waals surface area contributed by atoms with Gasteiger partial charge in [-0.05, 0) is 6.07 Å². The summed E-state index contributed by atoms with van der Waals surface area (Å²) in [4.78, 5) is 34.4. The number of nitro groups is 1. The third-order valence-electron chi connectivity index (χ3n) is 2.79. The second-order valence-electron chi connectivity index (χ2n) is 4.30.